The van der Waals surface area contributed by atoms with Crippen LogP contribution in [0.4, 0.5) is 20.2 Å². The minimum absolute atomic E-state index is 0.298. The SMILES string of the molecule is Cc1ccc(N([C@@H](C)C(=O)Nc2c(F)cccc2F)S(C)(=O)=O)cc1C. The molecule has 0 bridgehead atoms. The van der Waals surface area contributed by atoms with Gasteiger partial charge in [0.05, 0.1) is 11.9 Å². The van der Waals surface area contributed by atoms with Gasteiger partial charge in [0, 0.05) is 0 Å². The van der Waals surface area contributed by atoms with Gasteiger partial charge in [0.25, 0.3) is 0 Å². The first kappa shape index (κ1) is 19.8. The summed E-state index contributed by atoms with van der Waals surface area (Å²) in [4.78, 5) is 12.5. The number of benzene rings is 2. The highest BCUT2D eigenvalue weighted by atomic mass is 32.2. The summed E-state index contributed by atoms with van der Waals surface area (Å²) in [6, 6.07) is 6.92. The molecule has 1 atom stereocenters. The van der Waals surface area contributed by atoms with E-state index in [0.717, 1.165) is 33.8 Å². The molecule has 0 saturated carbocycles. The molecule has 0 spiro atoms. The standard InChI is InChI=1S/C18H20F2N2O3S/c1-11-8-9-14(10-12(11)2)22(26(4,24)25)13(3)18(23)21-17-15(19)6-5-7-16(17)20/h5-10,13H,1-4H3,(H,21,23)/t13-/m0/s1. The first-order valence-corrected chi connectivity index (χ1v) is 9.68. The Morgan fingerprint density at radius 1 is 1.08 bits per heavy atom. The molecule has 8 heteroatoms. The minimum Gasteiger partial charge on any atom is -0.319 e. The molecular formula is C18H20F2N2O3S. The number of carbonyl (C=O) groups excluding carboxylic acids is 1. The number of hydrogen-bond donors (Lipinski definition) is 1. The summed E-state index contributed by atoms with van der Waals surface area (Å²) in [5, 5.41) is 2.13. The summed E-state index contributed by atoms with van der Waals surface area (Å²) >= 11 is 0. The molecule has 26 heavy (non-hydrogen) atoms. The van der Waals surface area contributed by atoms with Crippen molar-refractivity contribution in [3.8, 4) is 0 Å². The van der Waals surface area contributed by atoms with Crippen LogP contribution in [0, 0.1) is 25.5 Å². The number of sulfonamides is 1. The fraction of sp³-hybridized carbons (Fsp3) is 0.278. The molecule has 0 aliphatic rings. The molecule has 0 aromatic heterocycles. The largest absolute Gasteiger partial charge is 0.319 e. The van der Waals surface area contributed by atoms with Crippen LogP contribution in [0.15, 0.2) is 36.4 Å². The van der Waals surface area contributed by atoms with E-state index in [1.807, 2.05) is 13.8 Å². The van der Waals surface area contributed by atoms with Gasteiger partial charge >= 0.3 is 0 Å². The van der Waals surface area contributed by atoms with Gasteiger partial charge in [-0.3, -0.25) is 9.10 Å². The van der Waals surface area contributed by atoms with Gasteiger partial charge in [0.1, 0.15) is 23.4 Å². The van der Waals surface area contributed by atoms with Gasteiger partial charge in [-0.05, 0) is 56.2 Å². The van der Waals surface area contributed by atoms with E-state index in [4.69, 9.17) is 0 Å². The average Bonchev–Trinajstić information content (AvgIpc) is 2.53. The number of rotatable bonds is 5. The highest BCUT2D eigenvalue weighted by Gasteiger charge is 2.30. The Morgan fingerprint density at radius 2 is 1.65 bits per heavy atom. The quantitative estimate of drug-likeness (QED) is 0.862. The van der Waals surface area contributed by atoms with Gasteiger partial charge in [-0.15, -0.1) is 0 Å². The number of anilines is 2. The summed E-state index contributed by atoms with van der Waals surface area (Å²) in [7, 11) is -3.82. The Balaban J connectivity index is 2.39. The van der Waals surface area contributed by atoms with Crippen LogP contribution in [-0.4, -0.2) is 26.6 Å². The van der Waals surface area contributed by atoms with Gasteiger partial charge in [-0.1, -0.05) is 12.1 Å². The minimum atomic E-state index is -3.82. The molecule has 5 nitrogen and oxygen atoms in total. The molecule has 1 N–H and O–H groups in total. The van der Waals surface area contributed by atoms with Gasteiger partial charge < -0.3 is 5.32 Å². The van der Waals surface area contributed by atoms with Gasteiger partial charge in [-0.2, -0.15) is 0 Å². The summed E-state index contributed by atoms with van der Waals surface area (Å²) in [5.74, 6) is -2.73. The normalized spacial score (nSPS) is 12.5. The van der Waals surface area contributed by atoms with Crippen LogP contribution in [-0.2, 0) is 14.8 Å². The van der Waals surface area contributed by atoms with Crippen LogP contribution < -0.4 is 9.62 Å². The predicted molar refractivity (Wildman–Crippen MR) is 97.7 cm³/mol. The molecule has 0 radical (unpaired) electrons. The molecule has 1 amide bonds. The van der Waals surface area contributed by atoms with Crippen molar-refractivity contribution in [2.24, 2.45) is 0 Å². The van der Waals surface area contributed by atoms with Crippen LogP contribution in [0.2, 0.25) is 0 Å². The van der Waals surface area contributed by atoms with E-state index in [1.54, 1.807) is 18.2 Å². The molecule has 0 aliphatic carbocycles. The predicted octanol–water partition coefficient (Wildman–Crippen LogP) is 3.37. The fourth-order valence-electron chi connectivity index (χ4n) is 2.52. The number of nitrogens with zero attached hydrogens (tertiary/aromatic N) is 1. The Bertz CT molecular complexity index is 925. The molecule has 2 aromatic carbocycles. The fourth-order valence-corrected chi connectivity index (χ4v) is 3.68. The van der Waals surface area contributed by atoms with Crippen molar-refractivity contribution in [1.82, 2.24) is 0 Å². The number of hydrogen-bond acceptors (Lipinski definition) is 3. The Morgan fingerprint density at radius 3 is 2.15 bits per heavy atom. The third-order valence-electron chi connectivity index (χ3n) is 4.04. The van der Waals surface area contributed by atoms with Crippen molar-refractivity contribution < 1.29 is 22.0 Å². The number of amides is 1. The van der Waals surface area contributed by atoms with E-state index in [2.05, 4.69) is 5.32 Å². The molecule has 0 unspecified atom stereocenters. The molecule has 0 saturated heterocycles. The van der Waals surface area contributed by atoms with Crippen molar-refractivity contribution in [2.45, 2.75) is 26.8 Å². The first-order valence-electron chi connectivity index (χ1n) is 7.84. The number of aryl methyl sites for hydroxylation is 2. The van der Waals surface area contributed by atoms with Crippen LogP contribution in [0.25, 0.3) is 0 Å². The van der Waals surface area contributed by atoms with Gasteiger partial charge in [-0.25, -0.2) is 17.2 Å². The third-order valence-corrected chi connectivity index (χ3v) is 5.29. The maximum atomic E-state index is 13.7. The Hall–Kier alpha value is -2.48. The summed E-state index contributed by atoms with van der Waals surface area (Å²) in [6.45, 7) is 5.05. The van der Waals surface area contributed by atoms with Crippen LogP contribution in [0.1, 0.15) is 18.1 Å². The highest BCUT2D eigenvalue weighted by Crippen LogP contribution is 2.25. The number of para-hydroxylation sites is 1. The second-order valence-electron chi connectivity index (χ2n) is 6.09. The number of halogens is 2. The van der Waals surface area contributed by atoms with Crippen molar-refractivity contribution in [2.75, 3.05) is 15.9 Å². The van der Waals surface area contributed by atoms with E-state index in [1.165, 1.54) is 13.0 Å². The number of carbonyl (C=O) groups is 1. The van der Waals surface area contributed by atoms with E-state index >= 15 is 0 Å². The zero-order chi connectivity index (χ0) is 19.6. The Kier molecular flexibility index (Phi) is 5.65. The maximum absolute atomic E-state index is 13.7. The van der Waals surface area contributed by atoms with E-state index in [0.29, 0.717) is 5.69 Å². The smallest absolute Gasteiger partial charge is 0.248 e. The molecule has 2 aromatic rings. The van der Waals surface area contributed by atoms with Crippen LogP contribution >= 0.6 is 0 Å². The summed E-state index contributed by atoms with van der Waals surface area (Å²) < 4.78 is 52.9. The lowest BCUT2D eigenvalue weighted by Gasteiger charge is -2.28. The second-order valence-corrected chi connectivity index (χ2v) is 7.95. The second kappa shape index (κ2) is 7.41. The monoisotopic (exact) mass is 382 g/mol. The number of nitrogens with one attached hydrogen (secondary N) is 1. The molecule has 0 aliphatic heterocycles. The highest BCUT2D eigenvalue weighted by molar-refractivity contribution is 7.92. The van der Waals surface area contributed by atoms with Gasteiger partial charge in [0.15, 0.2) is 0 Å². The van der Waals surface area contributed by atoms with Crippen molar-refractivity contribution in [3.05, 3.63) is 59.2 Å². The zero-order valence-corrected chi connectivity index (χ0v) is 15.7. The molecule has 140 valence electrons. The average molecular weight is 382 g/mol. The van der Waals surface area contributed by atoms with E-state index in [9.17, 15) is 22.0 Å². The van der Waals surface area contributed by atoms with E-state index in [-0.39, 0.29) is 0 Å². The molecule has 0 fully saturated rings. The topological polar surface area (TPSA) is 66.5 Å². The lowest BCUT2D eigenvalue weighted by atomic mass is 10.1. The van der Waals surface area contributed by atoms with Crippen LogP contribution in [0.5, 0.6) is 0 Å². The lowest BCUT2D eigenvalue weighted by Crippen LogP contribution is -2.45. The van der Waals surface area contributed by atoms with Crippen molar-refractivity contribution >= 4 is 27.3 Å². The van der Waals surface area contributed by atoms with Crippen LogP contribution in [0.3, 0.4) is 0 Å². The Labute approximate surface area is 151 Å². The van der Waals surface area contributed by atoms with Gasteiger partial charge in [0.2, 0.25) is 15.9 Å². The first-order chi connectivity index (χ1) is 12.0. The summed E-state index contributed by atoms with van der Waals surface area (Å²) in [6.07, 6.45) is 0.968. The molecular weight excluding hydrogens is 362 g/mol. The molecule has 0 heterocycles. The van der Waals surface area contributed by atoms with E-state index < -0.39 is 39.3 Å². The van der Waals surface area contributed by atoms with Crippen molar-refractivity contribution in [1.29, 1.82) is 0 Å². The lowest BCUT2D eigenvalue weighted by molar-refractivity contribution is -0.116. The third kappa shape index (κ3) is 4.19. The van der Waals surface area contributed by atoms with Crippen molar-refractivity contribution in [3.63, 3.8) is 0 Å². The molecule has 2 rings (SSSR count). The maximum Gasteiger partial charge on any atom is 0.248 e. The summed E-state index contributed by atoms with van der Waals surface area (Å²) in [5.41, 5.74) is 1.50. The zero-order valence-electron chi connectivity index (χ0n) is 14.9.